The summed E-state index contributed by atoms with van der Waals surface area (Å²) in [6, 6.07) is 24.2. The molecule has 40 heavy (non-hydrogen) atoms. The van der Waals surface area contributed by atoms with Gasteiger partial charge in [0.1, 0.15) is 12.6 Å². The maximum Gasteiger partial charge on any atom is 0.264 e. The number of carbonyl (C=O) groups is 2. The predicted octanol–water partition coefficient (Wildman–Crippen LogP) is 5.31. The smallest absolute Gasteiger partial charge is 0.264 e. The Morgan fingerprint density at radius 2 is 1.45 bits per heavy atom. The third-order valence-corrected chi connectivity index (χ3v) is 9.31. The third kappa shape index (κ3) is 7.10. The number of nitrogens with one attached hydrogen (secondary N) is 1. The highest BCUT2D eigenvalue weighted by molar-refractivity contribution is 7.92. The average molecular weight is 562 g/mol. The van der Waals surface area contributed by atoms with Crippen LogP contribution in [0.1, 0.15) is 57.1 Å². The predicted molar refractivity (Wildman–Crippen MR) is 158 cm³/mol. The van der Waals surface area contributed by atoms with Crippen molar-refractivity contribution in [2.45, 2.75) is 75.9 Å². The lowest BCUT2D eigenvalue weighted by molar-refractivity contribution is -0.140. The van der Waals surface area contributed by atoms with Crippen molar-refractivity contribution in [2.24, 2.45) is 0 Å². The van der Waals surface area contributed by atoms with Crippen LogP contribution in [0.3, 0.4) is 0 Å². The molecule has 0 unspecified atom stereocenters. The molecule has 0 saturated heterocycles. The van der Waals surface area contributed by atoms with Gasteiger partial charge in [-0.05, 0) is 61.1 Å². The lowest BCUT2D eigenvalue weighted by atomic mass is 10.1. The van der Waals surface area contributed by atoms with Crippen molar-refractivity contribution >= 4 is 27.5 Å². The molecule has 0 aliphatic heterocycles. The van der Waals surface area contributed by atoms with Crippen molar-refractivity contribution in [3.8, 4) is 0 Å². The first kappa shape index (κ1) is 29.3. The van der Waals surface area contributed by atoms with Crippen LogP contribution in [0.5, 0.6) is 0 Å². The molecule has 1 N–H and O–H groups in total. The van der Waals surface area contributed by atoms with Crippen LogP contribution in [0.25, 0.3) is 0 Å². The Kier molecular flexibility index (Phi) is 9.98. The molecule has 8 heteroatoms. The molecule has 0 spiro atoms. The first-order valence-electron chi connectivity index (χ1n) is 14.1. The van der Waals surface area contributed by atoms with E-state index in [9.17, 15) is 18.0 Å². The van der Waals surface area contributed by atoms with Crippen LogP contribution in [-0.4, -0.2) is 43.8 Å². The Hall–Kier alpha value is -3.65. The van der Waals surface area contributed by atoms with Crippen LogP contribution in [-0.2, 0) is 32.6 Å². The number of amides is 2. The molecule has 2 amide bonds. The van der Waals surface area contributed by atoms with Gasteiger partial charge in [-0.2, -0.15) is 0 Å². The van der Waals surface area contributed by atoms with Gasteiger partial charge < -0.3 is 10.2 Å². The average Bonchev–Trinajstić information content (AvgIpc) is 3.49. The molecule has 1 atom stereocenters. The Balaban J connectivity index is 1.69. The molecule has 1 saturated carbocycles. The summed E-state index contributed by atoms with van der Waals surface area (Å²) in [5.41, 5.74) is 2.33. The van der Waals surface area contributed by atoms with E-state index in [1.165, 1.54) is 17.0 Å². The monoisotopic (exact) mass is 561 g/mol. The normalized spacial score (nSPS) is 14.4. The highest BCUT2D eigenvalue weighted by Crippen LogP contribution is 2.26. The van der Waals surface area contributed by atoms with E-state index in [-0.39, 0.29) is 23.4 Å². The molecular weight excluding hydrogens is 522 g/mol. The fourth-order valence-electron chi connectivity index (χ4n) is 5.21. The first-order valence-corrected chi connectivity index (χ1v) is 15.6. The first-order chi connectivity index (χ1) is 19.3. The largest absolute Gasteiger partial charge is 0.352 e. The van der Waals surface area contributed by atoms with Gasteiger partial charge in [0.15, 0.2) is 0 Å². The molecule has 0 heterocycles. The third-order valence-electron chi connectivity index (χ3n) is 7.53. The molecule has 1 aliphatic carbocycles. The second-order valence-corrected chi connectivity index (χ2v) is 12.1. The second-order valence-electron chi connectivity index (χ2n) is 10.3. The number of anilines is 1. The molecule has 1 aliphatic rings. The van der Waals surface area contributed by atoms with Crippen molar-refractivity contribution in [1.29, 1.82) is 0 Å². The molecule has 3 aromatic carbocycles. The zero-order valence-corrected chi connectivity index (χ0v) is 24.1. The second kappa shape index (κ2) is 13.6. The number of rotatable bonds is 12. The standard InChI is InChI=1S/C32H39N3O4S/c1-3-25-19-21-28(22-20-25)35(40(38,39)29-17-9-6-10-18-29)24-31(36)34(23-26-13-7-5-8-14-26)30(4-2)32(37)33-27-15-11-12-16-27/h5-10,13-14,17-22,27,30H,3-4,11-12,15-16,23-24H2,1-2H3,(H,33,37)/t30-/m0/s1. The number of aryl methyl sites for hydroxylation is 1. The molecule has 1 fully saturated rings. The van der Waals surface area contributed by atoms with Gasteiger partial charge in [0.25, 0.3) is 10.0 Å². The van der Waals surface area contributed by atoms with E-state index in [4.69, 9.17) is 0 Å². The summed E-state index contributed by atoms with van der Waals surface area (Å²) < 4.78 is 28.9. The van der Waals surface area contributed by atoms with Crippen molar-refractivity contribution < 1.29 is 18.0 Å². The Labute approximate surface area is 238 Å². The van der Waals surface area contributed by atoms with Gasteiger partial charge in [-0.25, -0.2) is 8.42 Å². The molecule has 3 aromatic rings. The number of sulfonamides is 1. The van der Waals surface area contributed by atoms with Crippen LogP contribution >= 0.6 is 0 Å². The maximum atomic E-state index is 14.1. The molecular formula is C32H39N3O4S. The summed E-state index contributed by atoms with van der Waals surface area (Å²) in [5, 5.41) is 3.14. The topological polar surface area (TPSA) is 86.8 Å². The lowest BCUT2D eigenvalue weighted by Crippen LogP contribution is -2.53. The van der Waals surface area contributed by atoms with Gasteiger partial charge in [-0.3, -0.25) is 13.9 Å². The number of benzene rings is 3. The minimum absolute atomic E-state index is 0.1000. The van der Waals surface area contributed by atoms with E-state index in [2.05, 4.69) is 5.32 Å². The van der Waals surface area contributed by atoms with Crippen molar-refractivity contribution in [2.75, 3.05) is 10.8 Å². The molecule has 0 radical (unpaired) electrons. The fourth-order valence-corrected chi connectivity index (χ4v) is 6.65. The van der Waals surface area contributed by atoms with E-state index in [0.717, 1.165) is 47.5 Å². The quantitative estimate of drug-likeness (QED) is 0.325. The van der Waals surface area contributed by atoms with Gasteiger partial charge in [-0.1, -0.05) is 87.4 Å². The van der Waals surface area contributed by atoms with E-state index in [0.29, 0.717) is 12.1 Å². The van der Waals surface area contributed by atoms with Crippen LogP contribution in [0.15, 0.2) is 89.8 Å². The molecule has 0 aromatic heterocycles. The zero-order chi connectivity index (χ0) is 28.5. The summed E-state index contributed by atoms with van der Waals surface area (Å²) in [4.78, 5) is 29.2. The minimum Gasteiger partial charge on any atom is -0.352 e. The summed E-state index contributed by atoms with van der Waals surface area (Å²) in [5.74, 6) is -0.625. The van der Waals surface area contributed by atoms with E-state index in [1.54, 1.807) is 30.3 Å². The Morgan fingerprint density at radius 1 is 0.850 bits per heavy atom. The Morgan fingerprint density at radius 3 is 2.02 bits per heavy atom. The van der Waals surface area contributed by atoms with Gasteiger partial charge >= 0.3 is 0 Å². The lowest BCUT2D eigenvalue weighted by Gasteiger charge is -2.33. The van der Waals surface area contributed by atoms with E-state index >= 15 is 0 Å². The van der Waals surface area contributed by atoms with Crippen molar-refractivity contribution in [3.05, 3.63) is 96.1 Å². The van der Waals surface area contributed by atoms with Crippen LogP contribution in [0.2, 0.25) is 0 Å². The van der Waals surface area contributed by atoms with E-state index < -0.39 is 28.5 Å². The molecule has 0 bridgehead atoms. The van der Waals surface area contributed by atoms with E-state index in [1.807, 2.05) is 56.3 Å². The maximum absolute atomic E-state index is 14.1. The van der Waals surface area contributed by atoms with Crippen molar-refractivity contribution in [1.82, 2.24) is 10.2 Å². The summed E-state index contributed by atoms with van der Waals surface area (Å²) in [6.07, 6.45) is 5.25. The van der Waals surface area contributed by atoms with Crippen molar-refractivity contribution in [3.63, 3.8) is 0 Å². The van der Waals surface area contributed by atoms with Gasteiger partial charge in [0.05, 0.1) is 10.6 Å². The molecule has 212 valence electrons. The SMILES string of the molecule is CCc1ccc(N(CC(=O)N(Cc2ccccc2)[C@@H](CC)C(=O)NC2CCCC2)S(=O)(=O)c2ccccc2)cc1. The van der Waals surface area contributed by atoms with Crippen LogP contribution in [0.4, 0.5) is 5.69 Å². The van der Waals surface area contributed by atoms with Crippen LogP contribution < -0.4 is 9.62 Å². The Bertz CT molecular complexity index is 1360. The number of hydrogen-bond donors (Lipinski definition) is 1. The number of nitrogens with zero attached hydrogens (tertiary/aromatic N) is 2. The molecule has 7 nitrogen and oxygen atoms in total. The van der Waals surface area contributed by atoms with Gasteiger partial charge in [0, 0.05) is 12.6 Å². The van der Waals surface area contributed by atoms with Gasteiger partial charge in [-0.15, -0.1) is 0 Å². The van der Waals surface area contributed by atoms with Gasteiger partial charge in [0.2, 0.25) is 11.8 Å². The zero-order valence-electron chi connectivity index (χ0n) is 23.3. The number of hydrogen-bond acceptors (Lipinski definition) is 4. The summed E-state index contributed by atoms with van der Waals surface area (Å²) in [7, 11) is -4.06. The summed E-state index contributed by atoms with van der Waals surface area (Å²) >= 11 is 0. The highest BCUT2D eigenvalue weighted by atomic mass is 32.2. The number of carbonyl (C=O) groups excluding carboxylic acids is 2. The van der Waals surface area contributed by atoms with Crippen LogP contribution in [0, 0.1) is 0 Å². The highest BCUT2D eigenvalue weighted by Gasteiger charge is 2.34. The molecule has 4 rings (SSSR count). The summed E-state index contributed by atoms with van der Waals surface area (Å²) in [6.45, 7) is 3.68. The fraction of sp³-hybridized carbons (Fsp3) is 0.375. The minimum atomic E-state index is -4.06.